The number of amides is 1. The second-order valence-electron chi connectivity index (χ2n) is 11.4. The third kappa shape index (κ3) is 6.34. The van der Waals surface area contributed by atoms with Gasteiger partial charge in [-0.3, -0.25) is 4.79 Å². The fourth-order valence-corrected chi connectivity index (χ4v) is 7.69. The fourth-order valence-electron chi connectivity index (χ4n) is 6.19. The Kier molecular flexibility index (Phi) is 8.68. The van der Waals surface area contributed by atoms with Crippen molar-refractivity contribution in [3.05, 3.63) is 119 Å². The first-order valence-corrected chi connectivity index (χ1v) is 16.7. The van der Waals surface area contributed by atoms with Gasteiger partial charge in [-0.05, 0) is 84.8 Å². The van der Waals surface area contributed by atoms with Crippen LogP contribution in [0, 0.1) is 5.82 Å². The van der Waals surface area contributed by atoms with Gasteiger partial charge in [0.2, 0.25) is 10.0 Å². The van der Waals surface area contributed by atoms with Gasteiger partial charge in [0.1, 0.15) is 10.7 Å². The molecule has 1 heterocycles. The average Bonchev–Trinajstić information content (AvgIpc) is 3.05. The Morgan fingerprint density at radius 1 is 0.864 bits per heavy atom. The lowest BCUT2D eigenvalue weighted by atomic mass is 9.88. The minimum atomic E-state index is -4.00. The molecule has 1 saturated heterocycles. The summed E-state index contributed by atoms with van der Waals surface area (Å²) in [6.07, 6.45) is 3.39. The zero-order valence-corrected chi connectivity index (χ0v) is 25.6. The van der Waals surface area contributed by atoms with Crippen molar-refractivity contribution >= 4 is 33.0 Å². The third-order valence-electron chi connectivity index (χ3n) is 8.61. The number of carbonyl (C=O) groups excluding carboxylic acids is 1. The SMILES string of the molecule is CCc1ccc(C(=O)Nc2ccc(N3CCN(c4ccccc4F)CC3)c(S(=O)(=O)N[C@H]3CCCc4ccccc43)c2)cc1. The lowest BCUT2D eigenvalue weighted by Crippen LogP contribution is -2.47. The van der Waals surface area contributed by atoms with E-state index in [0.29, 0.717) is 55.2 Å². The average molecular weight is 613 g/mol. The smallest absolute Gasteiger partial charge is 0.255 e. The van der Waals surface area contributed by atoms with Gasteiger partial charge in [-0.25, -0.2) is 17.5 Å². The second kappa shape index (κ2) is 12.8. The molecule has 2 aliphatic rings. The lowest BCUT2D eigenvalue weighted by Gasteiger charge is -2.38. The summed E-state index contributed by atoms with van der Waals surface area (Å²) >= 11 is 0. The van der Waals surface area contributed by atoms with E-state index in [1.54, 1.807) is 42.5 Å². The Morgan fingerprint density at radius 2 is 1.55 bits per heavy atom. The van der Waals surface area contributed by atoms with Crippen LogP contribution in [0.15, 0.2) is 95.9 Å². The number of piperazine rings is 1. The highest BCUT2D eigenvalue weighted by Crippen LogP contribution is 2.35. The van der Waals surface area contributed by atoms with Crippen LogP contribution < -0.4 is 19.8 Å². The van der Waals surface area contributed by atoms with Crippen LogP contribution in [-0.4, -0.2) is 40.5 Å². The highest BCUT2D eigenvalue weighted by Gasteiger charge is 2.30. The van der Waals surface area contributed by atoms with Crippen molar-refractivity contribution in [2.75, 3.05) is 41.3 Å². The van der Waals surface area contributed by atoms with Crippen LogP contribution in [0.25, 0.3) is 0 Å². The second-order valence-corrected chi connectivity index (χ2v) is 13.1. The number of hydrogen-bond acceptors (Lipinski definition) is 5. The number of nitrogens with one attached hydrogen (secondary N) is 2. The predicted molar refractivity (Wildman–Crippen MR) is 173 cm³/mol. The molecule has 9 heteroatoms. The van der Waals surface area contributed by atoms with Gasteiger partial charge < -0.3 is 15.1 Å². The summed E-state index contributed by atoms with van der Waals surface area (Å²) in [6.45, 7) is 4.15. The Morgan fingerprint density at radius 3 is 2.27 bits per heavy atom. The number of aryl methyl sites for hydroxylation is 2. The molecule has 0 unspecified atom stereocenters. The molecule has 0 radical (unpaired) electrons. The van der Waals surface area contributed by atoms with E-state index in [-0.39, 0.29) is 22.7 Å². The Bertz CT molecular complexity index is 1750. The first-order valence-electron chi connectivity index (χ1n) is 15.2. The van der Waals surface area contributed by atoms with Crippen LogP contribution in [0.1, 0.15) is 52.9 Å². The number of sulfonamides is 1. The van der Waals surface area contributed by atoms with Gasteiger partial charge in [-0.15, -0.1) is 0 Å². The van der Waals surface area contributed by atoms with Gasteiger partial charge in [0.25, 0.3) is 5.91 Å². The van der Waals surface area contributed by atoms with E-state index in [2.05, 4.69) is 23.0 Å². The van der Waals surface area contributed by atoms with Crippen LogP contribution in [0.5, 0.6) is 0 Å². The Labute approximate surface area is 258 Å². The van der Waals surface area contributed by atoms with E-state index < -0.39 is 10.0 Å². The van der Waals surface area contributed by atoms with E-state index in [4.69, 9.17) is 0 Å². The standard InChI is InChI=1S/C35H37FN4O3S/c1-2-25-14-16-27(17-15-25)35(41)37-28-18-19-33(40-22-20-39(21-23-40)32-13-6-5-11-30(32)36)34(24-28)44(42,43)38-31-12-7-9-26-8-3-4-10-29(26)31/h3-6,8,10-11,13-19,24,31,38H,2,7,9,12,20-23H2,1H3,(H,37,41)/t31-/m0/s1. The van der Waals surface area contributed by atoms with Crippen LogP contribution in [-0.2, 0) is 22.9 Å². The number of para-hydroxylation sites is 1. The van der Waals surface area contributed by atoms with E-state index in [0.717, 1.165) is 36.0 Å². The molecule has 1 aliphatic carbocycles. The molecule has 4 aromatic rings. The van der Waals surface area contributed by atoms with Crippen molar-refractivity contribution in [2.24, 2.45) is 0 Å². The molecule has 0 bridgehead atoms. The third-order valence-corrected chi connectivity index (χ3v) is 10.1. The molecule has 0 aromatic heterocycles. The van der Waals surface area contributed by atoms with Crippen LogP contribution in [0.2, 0.25) is 0 Å². The number of rotatable bonds is 8. The van der Waals surface area contributed by atoms with Crippen molar-refractivity contribution in [3.63, 3.8) is 0 Å². The highest BCUT2D eigenvalue weighted by atomic mass is 32.2. The van der Waals surface area contributed by atoms with Gasteiger partial charge in [0.05, 0.1) is 11.4 Å². The molecule has 0 saturated carbocycles. The summed E-state index contributed by atoms with van der Waals surface area (Å²) in [7, 11) is -4.00. The van der Waals surface area contributed by atoms with E-state index in [1.807, 2.05) is 46.2 Å². The number of halogens is 1. The minimum absolute atomic E-state index is 0.110. The van der Waals surface area contributed by atoms with Crippen molar-refractivity contribution in [2.45, 2.75) is 43.5 Å². The number of nitrogens with zero attached hydrogens (tertiary/aromatic N) is 2. The molecule has 44 heavy (non-hydrogen) atoms. The van der Waals surface area contributed by atoms with Gasteiger partial charge >= 0.3 is 0 Å². The molecule has 1 atom stereocenters. The highest BCUT2D eigenvalue weighted by molar-refractivity contribution is 7.89. The number of benzene rings is 4. The van der Waals surface area contributed by atoms with Crippen LogP contribution in [0.3, 0.4) is 0 Å². The number of hydrogen-bond donors (Lipinski definition) is 2. The zero-order valence-electron chi connectivity index (χ0n) is 24.8. The first-order chi connectivity index (χ1) is 21.3. The Hall–Kier alpha value is -4.21. The maximum Gasteiger partial charge on any atom is 0.255 e. The first kappa shape index (κ1) is 29.8. The van der Waals surface area contributed by atoms with Crippen molar-refractivity contribution in [1.82, 2.24) is 4.72 Å². The van der Waals surface area contributed by atoms with Gasteiger partial charge in [-0.2, -0.15) is 0 Å². The molecule has 1 aliphatic heterocycles. The summed E-state index contributed by atoms with van der Waals surface area (Å²) in [6, 6.07) is 26.8. The Balaban J connectivity index is 1.29. The van der Waals surface area contributed by atoms with Gasteiger partial charge in [0.15, 0.2) is 0 Å². The summed E-state index contributed by atoms with van der Waals surface area (Å²) in [5.74, 6) is -0.581. The molecule has 228 valence electrons. The van der Waals surface area contributed by atoms with Crippen LogP contribution in [0.4, 0.5) is 21.5 Å². The zero-order chi connectivity index (χ0) is 30.7. The molecular weight excluding hydrogens is 575 g/mol. The summed E-state index contributed by atoms with van der Waals surface area (Å²) in [5, 5.41) is 2.89. The van der Waals surface area contributed by atoms with Gasteiger partial charge in [-0.1, -0.05) is 55.5 Å². The number of carbonyl (C=O) groups is 1. The molecule has 4 aromatic carbocycles. The molecular formula is C35H37FN4O3S. The number of anilines is 3. The van der Waals surface area contributed by atoms with Crippen molar-refractivity contribution in [3.8, 4) is 0 Å². The summed E-state index contributed by atoms with van der Waals surface area (Å²) in [4.78, 5) is 17.2. The monoisotopic (exact) mass is 612 g/mol. The molecule has 0 spiro atoms. The number of fused-ring (bicyclic) bond motifs is 1. The van der Waals surface area contributed by atoms with E-state index >= 15 is 0 Å². The minimum Gasteiger partial charge on any atom is -0.367 e. The molecule has 2 N–H and O–H groups in total. The largest absolute Gasteiger partial charge is 0.367 e. The predicted octanol–water partition coefficient (Wildman–Crippen LogP) is 6.32. The molecule has 1 fully saturated rings. The lowest BCUT2D eigenvalue weighted by molar-refractivity contribution is 0.102. The van der Waals surface area contributed by atoms with Crippen molar-refractivity contribution in [1.29, 1.82) is 0 Å². The van der Waals surface area contributed by atoms with Gasteiger partial charge in [0, 0.05) is 43.5 Å². The normalized spacial score (nSPS) is 16.8. The van der Waals surface area contributed by atoms with Crippen molar-refractivity contribution < 1.29 is 17.6 Å². The maximum atomic E-state index is 14.5. The molecule has 6 rings (SSSR count). The van der Waals surface area contributed by atoms with Crippen LogP contribution >= 0.6 is 0 Å². The molecule has 1 amide bonds. The summed E-state index contributed by atoms with van der Waals surface area (Å²) in [5.41, 5.74) is 5.28. The summed E-state index contributed by atoms with van der Waals surface area (Å²) < 4.78 is 45.8. The molecule has 7 nitrogen and oxygen atoms in total. The maximum absolute atomic E-state index is 14.5. The van der Waals surface area contributed by atoms with E-state index in [1.165, 1.54) is 6.07 Å². The quantitative estimate of drug-likeness (QED) is 0.243. The topological polar surface area (TPSA) is 81.8 Å². The fraction of sp³-hybridized carbons (Fsp3) is 0.286. The van der Waals surface area contributed by atoms with E-state index in [9.17, 15) is 17.6 Å².